The number of nitrogens with zero attached hydrogens (tertiary/aromatic N) is 2. The van der Waals surface area contributed by atoms with Crippen molar-refractivity contribution in [3.63, 3.8) is 0 Å². The number of likely N-dealkylation sites (N-methyl/N-ethyl adjacent to an activating group) is 1. The largest absolute Gasteiger partial charge is 0.495 e. The van der Waals surface area contributed by atoms with Crippen molar-refractivity contribution < 1.29 is 48.0 Å². The minimum Gasteiger partial charge on any atom is -0.495 e. The van der Waals surface area contributed by atoms with Gasteiger partial charge in [-0.2, -0.15) is 12.6 Å². The standard InChI is InChI=1S/C35H48ClN3O10S/c1-19-10-9-11-26(46-8)35(44)18-25(47-33(43)37-35)20(2)31-34(4,49-31)27(48-32(42)21(3)38(5)28(40)12-13-50)17-29(41)39(6)23-15-22(14-19)16-24(45-7)30(23)36/h9-11,15-16,20-21,25-27,31,44,50H,12-14,17-18H2,1-8H3,(H,37,43)/t20-,21+,25+,26-,27+,31?,34?,35+/m1/s1. The molecule has 2 N–H and O–H groups in total. The predicted octanol–water partition coefficient (Wildman–Crippen LogP) is 3.83. The number of carbonyl (C=O) groups is 4. The first-order valence-electron chi connectivity index (χ1n) is 16.4. The summed E-state index contributed by atoms with van der Waals surface area (Å²) in [5, 5.41) is 14.4. The first kappa shape index (κ1) is 39.5. The number of amides is 3. The van der Waals surface area contributed by atoms with E-state index in [1.165, 1.54) is 38.0 Å². The lowest BCUT2D eigenvalue weighted by Gasteiger charge is -2.42. The fraction of sp³-hybridized carbons (Fsp3) is 0.600. The Morgan fingerprint density at radius 3 is 2.62 bits per heavy atom. The van der Waals surface area contributed by atoms with E-state index in [9.17, 15) is 24.3 Å². The van der Waals surface area contributed by atoms with Crippen LogP contribution in [0.2, 0.25) is 5.02 Å². The molecule has 3 amide bonds. The van der Waals surface area contributed by atoms with Gasteiger partial charge in [0.25, 0.3) is 0 Å². The van der Waals surface area contributed by atoms with Crippen molar-refractivity contribution in [2.75, 3.05) is 39.0 Å². The molecule has 4 bridgehead atoms. The molecule has 8 atom stereocenters. The molecule has 2 unspecified atom stereocenters. The number of rotatable bonds is 7. The summed E-state index contributed by atoms with van der Waals surface area (Å²) in [6.45, 7) is 6.96. The second kappa shape index (κ2) is 15.9. The fourth-order valence-electron chi connectivity index (χ4n) is 6.49. The summed E-state index contributed by atoms with van der Waals surface area (Å²) in [6.07, 6.45) is 1.08. The molecule has 0 saturated carbocycles. The van der Waals surface area contributed by atoms with E-state index in [0.29, 0.717) is 23.6 Å². The summed E-state index contributed by atoms with van der Waals surface area (Å²) < 4.78 is 29.0. The summed E-state index contributed by atoms with van der Waals surface area (Å²) in [4.78, 5) is 55.6. The van der Waals surface area contributed by atoms with Gasteiger partial charge in [-0.3, -0.25) is 14.9 Å². The molecule has 0 aliphatic carbocycles. The minimum atomic E-state index is -1.82. The molecule has 2 saturated heterocycles. The van der Waals surface area contributed by atoms with Crippen molar-refractivity contribution in [1.82, 2.24) is 10.2 Å². The highest BCUT2D eigenvalue weighted by Crippen LogP contribution is 2.49. The normalized spacial score (nSPS) is 30.7. The summed E-state index contributed by atoms with van der Waals surface area (Å²) in [5.74, 6) is -1.30. The van der Waals surface area contributed by atoms with Gasteiger partial charge in [0.05, 0.1) is 25.3 Å². The number of methoxy groups -OCH3 is 2. The molecule has 1 aromatic rings. The molecule has 276 valence electrons. The Balaban J connectivity index is 1.78. The van der Waals surface area contributed by atoms with Gasteiger partial charge >= 0.3 is 12.1 Å². The van der Waals surface area contributed by atoms with E-state index in [0.717, 1.165) is 11.1 Å². The van der Waals surface area contributed by atoms with Gasteiger partial charge in [0.1, 0.15) is 40.7 Å². The molecule has 3 heterocycles. The number of esters is 1. The van der Waals surface area contributed by atoms with E-state index in [1.54, 1.807) is 45.2 Å². The van der Waals surface area contributed by atoms with E-state index in [4.69, 9.17) is 35.3 Å². The molecule has 2 fully saturated rings. The summed E-state index contributed by atoms with van der Waals surface area (Å²) in [7, 11) is 5.98. The lowest BCUT2D eigenvalue weighted by molar-refractivity contribution is -0.161. The average molecular weight is 738 g/mol. The zero-order chi connectivity index (χ0) is 37.1. The molecule has 4 rings (SSSR count). The number of ether oxygens (including phenoxy) is 5. The first-order chi connectivity index (χ1) is 23.5. The van der Waals surface area contributed by atoms with Crippen molar-refractivity contribution in [1.29, 1.82) is 0 Å². The second-order valence-electron chi connectivity index (χ2n) is 13.4. The number of thiol groups is 1. The third-order valence-corrected chi connectivity index (χ3v) is 10.5. The van der Waals surface area contributed by atoms with Crippen LogP contribution in [0.15, 0.2) is 35.9 Å². The van der Waals surface area contributed by atoms with Crippen LogP contribution < -0.4 is 15.0 Å². The highest BCUT2D eigenvalue weighted by Gasteiger charge is 2.64. The summed E-state index contributed by atoms with van der Waals surface area (Å²) in [5.41, 5.74) is -0.903. The maximum Gasteiger partial charge on any atom is 0.409 e. The van der Waals surface area contributed by atoms with Crippen molar-refractivity contribution in [2.45, 2.75) is 95.2 Å². The van der Waals surface area contributed by atoms with E-state index in [2.05, 4.69) is 17.9 Å². The number of anilines is 1. The van der Waals surface area contributed by atoms with Crippen LogP contribution in [0.3, 0.4) is 0 Å². The highest BCUT2D eigenvalue weighted by molar-refractivity contribution is 7.80. The first-order valence-corrected chi connectivity index (χ1v) is 17.5. The van der Waals surface area contributed by atoms with Gasteiger partial charge in [0, 0.05) is 40.0 Å². The molecule has 0 aromatic heterocycles. The fourth-order valence-corrected chi connectivity index (χ4v) is 6.99. The average Bonchev–Trinajstić information content (AvgIpc) is 3.76. The summed E-state index contributed by atoms with van der Waals surface area (Å²) >= 11 is 10.8. The van der Waals surface area contributed by atoms with Crippen LogP contribution in [0.5, 0.6) is 5.75 Å². The van der Waals surface area contributed by atoms with E-state index >= 15 is 0 Å². The van der Waals surface area contributed by atoms with Gasteiger partial charge in [0.2, 0.25) is 11.8 Å². The third-order valence-electron chi connectivity index (χ3n) is 9.85. The van der Waals surface area contributed by atoms with Crippen LogP contribution in [0, 0.1) is 5.92 Å². The van der Waals surface area contributed by atoms with E-state index in [1.807, 2.05) is 13.0 Å². The van der Waals surface area contributed by atoms with Crippen LogP contribution in [-0.4, -0.2) is 110 Å². The SMILES string of the molecule is COc1cc2cc(c1Cl)N(C)C(=O)C[C@H](OC(=O)[C@H](C)N(C)C(=O)CCS)C1(C)OC1[C@H](C)[C@@H]1C[C@@](O)(NC(=O)O1)[C@H](OC)C=CC=C(C)C2. The number of halogens is 1. The van der Waals surface area contributed by atoms with Gasteiger partial charge in [-0.05, 0) is 50.6 Å². The summed E-state index contributed by atoms with van der Waals surface area (Å²) in [6, 6.07) is 2.60. The Labute approximate surface area is 303 Å². The lowest BCUT2D eigenvalue weighted by atomic mass is 9.83. The highest BCUT2D eigenvalue weighted by atomic mass is 35.5. The number of benzene rings is 1. The van der Waals surface area contributed by atoms with Crippen LogP contribution in [-0.2, 0) is 39.8 Å². The number of allylic oxidation sites excluding steroid dienone is 3. The van der Waals surface area contributed by atoms with Crippen molar-refractivity contribution in [2.24, 2.45) is 5.92 Å². The number of alkyl carbamates (subject to hydrolysis) is 1. The maximum absolute atomic E-state index is 14.0. The predicted molar refractivity (Wildman–Crippen MR) is 189 cm³/mol. The molecule has 15 heteroatoms. The van der Waals surface area contributed by atoms with Crippen molar-refractivity contribution in [3.8, 4) is 5.75 Å². The second-order valence-corrected chi connectivity index (χ2v) is 14.2. The number of carbonyl (C=O) groups excluding carboxylic acids is 4. The number of hydrogen-bond acceptors (Lipinski definition) is 11. The molecule has 50 heavy (non-hydrogen) atoms. The van der Waals surface area contributed by atoms with Gasteiger partial charge < -0.3 is 38.6 Å². The Bertz CT molecular complexity index is 1540. The maximum atomic E-state index is 14.0. The molecule has 13 nitrogen and oxygen atoms in total. The Morgan fingerprint density at radius 1 is 1.28 bits per heavy atom. The Morgan fingerprint density at radius 2 is 1.98 bits per heavy atom. The number of aliphatic hydroxyl groups is 1. The molecule has 1 aromatic carbocycles. The van der Waals surface area contributed by atoms with Crippen LogP contribution >= 0.6 is 24.2 Å². The van der Waals surface area contributed by atoms with Crippen molar-refractivity contribution >= 4 is 53.8 Å². The molecule has 3 aliphatic rings. The van der Waals surface area contributed by atoms with Gasteiger partial charge in [-0.15, -0.1) is 0 Å². The third kappa shape index (κ3) is 8.42. The van der Waals surface area contributed by atoms with Gasteiger partial charge in [0.15, 0.2) is 5.72 Å². The van der Waals surface area contributed by atoms with E-state index < -0.39 is 65.7 Å². The molecular weight excluding hydrogens is 690 g/mol. The Hall–Kier alpha value is -3.30. The quantitative estimate of drug-likeness (QED) is 0.214. The zero-order valence-electron chi connectivity index (χ0n) is 29.7. The zero-order valence-corrected chi connectivity index (χ0v) is 31.4. The monoisotopic (exact) mass is 737 g/mol. The van der Waals surface area contributed by atoms with E-state index in [-0.39, 0.29) is 30.2 Å². The molecular formula is C35H48ClN3O10S. The lowest BCUT2D eigenvalue weighted by Crippen LogP contribution is -2.63. The number of nitrogens with one attached hydrogen (secondary N) is 1. The molecule has 3 aliphatic heterocycles. The molecule has 0 spiro atoms. The number of fused-ring (bicyclic) bond motifs is 5. The number of hydrogen-bond donors (Lipinski definition) is 3. The van der Waals surface area contributed by atoms with Crippen LogP contribution in [0.25, 0.3) is 0 Å². The van der Waals surface area contributed by atoms with Crippen molar-refractivity contribution in [3.05, 3.63) is 46.5 Å². The van der Waals surface area contributed by atoms with Gasteiger partial charge in [-0.25, -0.2) is 9.59 Å². The Kier molecular flexibility index (Phi) is 12.6. The molecule has 0 radical (unpaired) electrons. The number of epoxide rings is 1. The van der Waals surface area contributed by atoms with Gasteiger partial charge in [-0.1, -0.05) is 42.3 Å². The smallest absolute Gasteiger partial charge is 0.409 e. The topological polar surface area (TPSA) is 156 Å². The minimum absolute atomic E-state index is 0.0489. The van der Waals surface area contributed by atoms with Crippen LogP contribution in [0.1, 0.15) is 52.5 Å². The van der Waals surface area contributed by atoms with Crippen LogP contribution in [0.4, 0.5) is 10.5 Å².